The molecule has 2 N–H and O–H groups in total. The molecule has 2 aromatic heterocycles. The summed E-state index contributed by atoms with van der Waals surface area (Å²) in [6, 6.07) is 14.1. The number of aromatic nitrogens is 3. The van der Waals surface area contributed by atoms with Crippen LogP contribution >= 0.6 is 23.8 Å². The van der Waals surface area contributed by atoms with Crippen LogP contribution in [-0.4, -0.2) is 33.0 Å². The normalized spacial score (nSPS) is 11.0. The number of para-hydroxylation sites is 2. The molecule has 8 nitrogen and oxygen atoms in total. The lowest BCUT2D eigenvalue weighted by atomic mass is 10.2. The topological polar surface area (TPSA) is 102 Å². The number of methoxy groups -OCH3 is 1. The van der Waals surface area contributed by atoms with Gasteiger partial charge in [0.2, 0.25) is 11.8 Å². The van der Waals surface area contributed by atoms with Gasteiger partial charge in [-0.25, -0.2) is 9.37 Å². The van der Waals surface area contributed by atoms with Gasteiger partial charge in [-0.2, -0.15) is 0 Å². The van der Waals surface area contributed by atoms with E-state index in [0.29, 0.717) is 23.1 Å². The van der Waals surface area contributed by atoms with Crippen molar-refractivity contribution >= 4 is 35.7 Å². The molecule has 0 aliphatic heterocycles. The van der Waals surface area contributed by atoms with Gasteiger partial charge in [-0.3, -0.25) is 19.3 Å². The molecule has 0 bridgehead atoms. The molecule has 11 heteroatoms. The molecule has 2 heterocycles. The molecule has 0 unspecified atom stereocenters. The van der Waals surface area contributed by atoms with Crippen molar-refractivity contribution < 1.29 is 19.0 Å². The zero-order chi connectivity index (χ0) is 24.2. The van der Waals surface area contributed by atoms with Gasteiger partial charge in [0.15, 0.2) is 16.3 Å². The summed E-state index contributed by atoms with van der Waals surface area (Å²) in [6.07, 6.45) is 2.60. The van der Waals surface area contributed by atoms with E-state index in [4.69, 9.17) is 33.3 Å². The third-order valence-electron chi connectivity index (χ3n) is 4.63. The Hall–Kier alpha value is -4.02. The van der Waals surface area contributed by atoms with Crippen molar-refractivity contribution in [2.24, 2.45) is 4.99 Å². The summed E-state index contributed by atoms with van der Waals surface area (Å²) in [5, 5.41) is 10.5. The monoisotopic (exact) mass is 498 g/mol. The molecule has 0 radical (unpaired) electrons. The van der Waals surface area contributed by atoms with Crippen molar-refractivity contribution in [1.29, 1.82) is 0 Å². The van der Waals surface area contributed by atoms with Crippen molar-refractivity contribution in [2.45, 2.75) is 0 Å². The maximum atomic E-state index is 13.5. The van der Waals surface area contributed by atoms with Crippen LogP contribution in [0, 0.1) is 10.6 Å². The second-order valence-corrected chi connectivity index (χ2v) is 7.59. The minimum absolute atomic E-state index is 0.0955. The van der Waals surface area contributed by atoms with Gasteiger partial charge in [0.25, 0.3) is 5.56 Å². The molecule has 0 atom stereocenters. The molecule has 0 fully saturated rings. The number of hydrogen-bond acceptors (Lipinski definition) is 7. The van der Waals surface area contributed by atoms with Crippen LogP contribution in [0.25, 0.3) is 5.69 Å². The van der Waals surface area contributed by atoms with Gasteiger partial charge in [0, 0.05) is 12.3 Å². The minimum Gasteiger partial charge on any atom is -0.494 e. The number of benzene rings is 2. The maximum absolute atomic E-state index is 13.5. The van der Waals surface area contributed by atoms with Gasteiger partial charge < -0.3 is 14.6 Å². The van der Waals surface area contributed by atoms with Gasteiger partial charge in [-0.15, -0.1) is 0 Å². The van der Waals surface area contributed by atoms with Gasteiger partial charge in [-0.05, 0) is 48.6 Å². The fraction of sp³-hybridized carbons (Fsp3) is 0.0435. The van der Waals surface area contributed by atoms with Gasteiger partial charge >= 0.3 is 0 Å². The molecule has 0 saturated heterocycles. The molecule has 0 saturated carbocycles. The van der Waals surface area contributed by atoms with E-state index in [2.05, 4.69) is 15.0 Å². The Bertz CT molecular complexity index is 1500. The zero-order valence-corrected chi connectivity index (χ0v) is 19.1. The molecule has 172 valence electrons. The Morgan fingerprint density at radius 1 is 1.21 bits per heavy atom. The average Bonchev–Trinajstić information content (AvgIpc) is 2.82. The van der Waals surface area contributed by atoms with E-state index in [9.17, 15) is 14.3 Å². The number of aliphatic imine (C=N–C) groups is 1. The highest BCUT2D eigenvalue weighted by atomic mass is 35.5. The number of halogens is 2. The third-order valence-corrected chi connectivity index (χ3v) is 5.20. The molecular formula is C23H16ClFN4O4S. The molecule has 0 aliphatic rings. The first-order valence-corrected chi connectivity index (χ1v) is 10.5. The van der Waals surface area contributed by atoms with Crippen LogP contribution in [0.1, 0.15) is 5.56 Å². The predicted octanol–water partition coefficient (Wildman–Crippen LogP) is 5.34. The molecule has 34 heavy (non-hydrogen) atoms. The molecular weight excluding hydrogens is 483 g/mol. The van der Waals surface area contributed by atoms with Gasteiger partial charge in [0.1, 0.15) is 11.4 Å². The number of H-pyrrole nitrogens is 1. The van der Waals surface area contributed by atoms with E-state index in [1.165, 1.54) is 31.7 Å². The SMILES string of the molecule is COc1ccccc1Oc1ccc(N=Cc2c(O)n(-c3ccc(F)c(Cl)c3)c(=S)[nH]c2=O)cn1. The highest BCUT2D eigenvalue weighted by Crippen LogP contribution is 2.30. The lowest BCUT2D eigenvalue weighted by molar-refractivity contribution is 0.374. The number of nitrogens with one attached hydrogen (secondary N) is 1. The van der Waals surface area contributed by atoms with Crippen LogP contribution in [0.2, 0.25) is 5.02 Å². The quantitative estimate of drug-likeness (QED) is 0.275. The Morgan fingerprint density at radius 3 is 2.65 bits per heavy atom. The standard InChI is InChI=1S/C23H16ClFN4O4S/c1-32-18-4-2-3-5-19(18)33-20-9-6-13(11-27-20)26-12-15-21(30)28-23(34)29(22(15)31)14-7-8-17(25)16(24)10-14/h2-12,31H,1H3,(H,28,30,34). The van der Waals surface area contributed by atoms with E-state index >= 15 is 0 Å². The van der Waals surface area contributed by atoms with Crippen LogP contribution in [0.4, 0.5) is 10.1 Å². The Morgan fingerprint density at radius 2 is 1.97 bits per heavy atom. The predicted molar refractivity (Wildman–Crippen MR) is 128 cm³/mol. The summed E-state index contributed by atoms with van der Waals surface area (Å²) in [5.41, 5.74) is -0.160. The fourth-order valence-corrected chi connectivity index (χ4v) is 3.44. The molecule has 4 aromatic rings. The summed E-state index contributed by atoms with van der Waals surface area (Å²) in [4.78, 5) is 23.2. The van der Waals surface area contributed by atoms with Crippen molar-refractivity contribution in [3.05, 3.63) is 92.3 Å². The second kappa shape index (κ2) is 9.86. The van der Waals surface area contributed by atoms with Gasteiger partial charge in [0.05, 0.1) is 29.7 Å². The van der Waals surface area contributed by atoms with E-state index in [1.807, 2.05) is 6.07 Å². The first-order valence-electron chi connectivity index (χ1n) is 9.72. The summed E-state index contributed by atoms with van der Waals surface area (Å²) in [5.74, 6) is 0.254. The first kappa shape index (κ1) is 23.1. The van der Waals surface area contributed by atoms with E-state index in [0.717, 1.165) is 10.6 Å². The van der Waals surface area contributed by atoms with Crippen molar-refractivity contribution in [1.82, 2.24) is 14.5 Å². The maximum Gasteiger partial charge on any atom is 0.264 e. The first-order chi connectivity index (χ1) is 16.4. The number of nitrogens with zero attached hydrogens (tertiary/aromatic N) is 3. The van der Waals surface area contributed by atoms with Crippen LogP contribution in [0.5, 0.6) is 23.3 Å². The summed E-state index contributed by atoms with van der Waals surface area (Å²) < 4.78 is 25.5. The summed E-state index contributed by atoms with van der Waals surface area (Å²) in [7, 11) is 1.54. The lowest BCUT2D eigenvalue weighted by Crippen LogP contribution is -2.18. The van der Waals surface area contributed by atoms with Crippen molar-refractivity contribution in [3.63, 3.8) is 0 Å². The highest BCUT2D eigenvalue weighted by Gasteiger charge is 2.14. The third kappa shape index (κ3) is 4.82. The van der Waals surface area contributed by atoms with Crippen LogP contribution in [0.3, 0.4) is 0 Å². The number of ether oxygens (including phenoxy) is 2. The number of aromatic hydroxyl groups is 1. The van der Waals surface area contributed by atoms with Crippen LogP contribution in [-0.2, 0) is 0 Å². The largest absolute Gasteiger partial charge is 0.494 e. The average molecular weight is 499 g/mol. The molecule has 0 amide bonds. The van der Waals surface area contributed by atoms with Gasteiger partial charge in [-0.1, -0.05) is 23.7 Å². The second-order valence-electron chi connectivity index (χ2n) is 6.80. The number of aromatic amines is 1. The number of hydrogen-bond donors (Lipinski definition) is 2. The Labute approximate surface area is 202 Å². The van der Waals surface area contributed by atoms with Crippen molar-refractivity contribution in [3.8, 4) is 28.9 Å². The van der Waals surface area contributed by atoms with Crippen LogP contribution < -0.4 is 15.0 Å². The summed E-state index contributed by atoms with van der Waals surface area (Å²) >= 11 is 11.0. The number of rotatable bonds is 6. The minimum atomic E-state index is -0.653. The smallest absolute Gasteiger partial charge is 0.264 e. The Kier molecular flexibility index (Phi) is 6.71. The molecule has 0 spiro atoms. The fourth-order valence-electron chi connectivity index (χ4n) is 2.98. The van der Waals surface area contributed by atoms with Crippen LogP contribution in [0.15, 0.2) is 70.6 Å². The van der Waals surface area contributed by atoms with E-state index < -0.39 is 17.3 Å². The zero-order valence-electron chi connectivity index (χ0n) is 17.5. The van der Waals surface area contributed by atoms with E-state index in [-0.39, 0.29) is 21.0 Å². The molecule has 2 aromatic carbocycles. The van der Waals surface area contributed by atoms with Crippen molar-refractivity contribution in [2.75, 3.05) is 7.11 Å². The lowest BCUT2D eigenvalue weighted by Gasteiger charge is -2.11. The molecule has 4 rings (SSSR count). The van der Waals surface area contributed by atoms with E-state index in [1.54, 1.807) is 30.3 Å². The number of pyridine rings is 1. The summed E-state index contributed by atoms with van der Waals surface area (Å²) in [6.45, 7) is 0. The molecule has 0 aliphatic carbocycles. The highest BCUT2D eigenvalue weighted by molar-refractivity contribution is 7.71. The Balaban J connectivity index is 1.62.